The largest absolute Gasteiger partial charge is 0.426 e. The maximum Gasteiger partial charge on any atom is 0.313 e. The van der Waals surface area contributed by atoms with Gasteiger partial charge in [0, 0.05) is 5.02 Å². The molecule has 0 saturated carbocycles. The molecule has 4 nitrogen and oxygen atoms in total. The summed E-state index contributed by atoms with van der Waals surface area (Å²) in [6.45, 7) is 5.83. The predicted octanol–water partition coefficient (Wildman–Crippen LogP) is 4.47. The van der Waals surface area contributed by atoms with Gasteiger partial charge >= 0.3 is 5.97 Å². The molecule has 1 atom stereocenters. The fraction of sp³-hybridized carbons (Fsp3) is 0.333. The molecule has 21 heavy (non-hydrogen) atoms. The van der Waals surface area contributed by atoms with Gasteiger partial charge in [0.2, 0.25) is 0 Å². The molecule has 2 aromatic rings. The van der Waals surface area contributed by atoms with Crippen molar-refractivity contribution in [2.45, 2.75) is 33.2 Å². The number of carbonyl (C=O) groups excluding carboxylic acids is 1. The second kappa shape index (κ2) is 6.62. The first-order chi connectivity index (χ1) is 9.88. The number of rotatable bonds is 4. The molecule has 0 aliphatic rings. The van der Waals surface area contributed by atoms with Gasteiger partial charge in [-0.05, 0) is 61.0 Å². The standard InChI is InChI=1S/C15H16BrClN2O2/c1-9(19-11(3)15(16)10(2)18-19)8-14(20)21-13-6-4-12(17)5-7-13/h4-7,9H,8H2,1-3H3. The van der Waals surface area contributed by atoms with E-state index in [1.54, 1.807) is 24.3 Å². The third-order valence-electron chi connectivity index (χ3n) is 3.16. The van der Waals surface area contributed by atoms with Crippen LogP contribution in [0.2, 0.25) is 5.02 Å². The summed E-state index contributed by atoms with van der Waals surface area (Å²) in [5.41, 5.74) is 1.91. The quantitative estimate of drug-likeness (QED) is 0.588. The van der Waals surface area contributed by atoms with Crippen LogP contribution in [0.5, 0.6) is 5.75 Å². The lowest BCUT2D eigenvalue weighted by Crippen LogP contribution is -2.17. The van der Waals surface area contributed by atoms with Crippen LogP contribution in [0.25, 0.3) is 0 Å². The van der Waals surface area contributed by atoms with Crippen LogP contribution >= 0.6 is 27.5 Å². The zero-order valence-electron chi connectivity index (χ0n) is 12.1. The zero-order valence-corrected chi connectivity index (χ0v) is 14.4. The molecule has 1 unspecified atom stereocenters. The van der Waals surface area contributed by atoms with Crippen molar-refractivity contribution >= 4 is 33.5 Å². The van der Waals surface area contributed by atoms with Crippen LogP contribution in [0.15, 0.2) is 28.7 Å². The van der Waals surface area contributed by atoms with E-state index in [4.69, 9.17) is 16.3 Å². The summed E-state index contributed by atoms with van der Waals surface area (Å²) < 4.78 is 8.10. The third kappa shape index (κ3) is 3.86. The molecule has 112 valence electrons. The minimum Gasteiger partial charge on any atom is -0.426 e. The highest BCUT2D eigenvalue weighted by molar-refractivity contribution is 9.10. The van der Waals surface area contributed by atoms with E-state index < -0.39 is 0 Å². The van der Waals surface area contributed by atoms with E-state index in [2.05, 4.69) is 21.0 Å². The number of esters is 1. The Bertz CT molecular complexity index is 652. The monoisotopic (exact) mass is 370 g/mol. The van der Waals surface area contributed by atoms with Crippen molar-refractivity contribution in [3.05, 3.63) is 45.1 Å². The van der Waals surface area contributed by atoms with Gasteiger partial charge in [-0.2, -0.15) is 5.10 Å². The Balaban J connectivity index is 2.01. The van der Waals surface area contributed by atoms with E-state index in [0.717, 1.165) is 15.9 Å². The first kappa shape index (κ1) is 16.0. The number of hydrogen-bond acceptors (Lipinski definition) is 3. The Morgan fingerprint density at radius 2 is 2.00 bits per heavy atom. The second-order valence-electron chi connectivity index (χ2n) is 4.91. The van der Waals surface area contributed by atoms with Gasteiger partial charge in [-0.3, -0.25) is 9.48 Å². The van der Waals surface area contributed by atoms with Crippen molar-refractivity contribution in [3.8, 4) is 5.75 Å². The Labute approximate surface area is 137 Å². The maximum absolute atomic E-state index is 12.0. The molecule has 0 saturated heterocycles. The number of hydrogen-bond donors (Lipinski definition) is 0. The van der Waals surface area contributed by atoms with E-state index in [-0.39, 0.29) is 18.4 Å². The molecule has 0 radical (unpaired) electrons. The second-order valence-corrected chi connectivity index (χ2v) is 6.14. The normalized spacial score (nSPS) is 12.2. The summed E-state index contributed by atoms with van der Waals surface area (Å²) in [5, 5.41) is 5.03. The predicted molar refractivity (Wildman–Crippen MR) is 85.8 cm³/mol. The molecule has 2 rings (SSSR count). The average molecular weight is 372 g/mol. The highest BCUT2D eigenvalue weighted by Crippen LogP contribution is 2.24. The topological polar surface area (TPSA) is 44.1 Å². The Kier molecular flexibility index (Phi) is 5.06. The molecule has 0 aliphatic carbocycles. The van der Waals surface area contributed by atoms with Crippen molar-refractivity contribution in [1.29, 1.82) is 0 Å². The van der Waals surface area contributed by atoms with Gasteiger partial charge in [0.1, 0.15) is 5.75 Å². The van der Waals surface area contributed by atoms with E-state index in [0.29, 0.717) is 10.8 Å². The summed E-state index contributed by atoms with van der Waals surface area (Å²) in [5.74, 6) is 0.194. The number of aryl methyl sites for hydroxylation is 1. The van der Waals surface area contributed by atoms with Gasteiger partial charge in [0.15, 0.2) is 0 Å². The molecular weight excluding hydrogens is 356 g/mol. The Morgan fingerprint density at radius 3 is 2.52 bits per heavy atom. The van der Waals surface area contributed by atoms with Crippen LogP contribution < -0.4 is 4.74 Å². The fourth-order valence-electron chi connectivity index (χ4n) is 2.08. The number of aromatic nitrogens is 2. The third-order valence-corrected chi connectivity index (χ3v) is 4.56. The molecular formula is C15H16BrClN2O2. The molecule has 1 aromatic carbocycles. The SMILES string of the molecule is Cc1nn(C(C)CC(=O)Oc2ccc(Cl)cc2)c(C)c1Br. The lowest BCUT2D eigenvalue weighted by Gasteiger charge is -2.13. The van der Waals surface area contributed by atoms with Gasteiger partial charge in [-0.15, -0.1) is 0 Å². The summed E-state index contributed by atoms with van der Waals surface area (Å²) >= 11 is 9.27. The van der Waals surface area contributed by atoms with E-state index in [1.807, 2.05) is 25.5 Å². The highest BCUT2D eigenvalue weighted by atomic mass is 79.9. The van der Waals surface area contributed by atoms with E-state index in [9.17, 15) is 4.79 Å². The number of carbonyl (C=O) groups is 1. The lowest BCUT2D eigenvalue weighted by atomic mass is 10.2. The number of benzene rings is 1. The lowest BCUT2D eigenvalue weighted by molar-refractivity contribution is -0.135. The molecule has 0 N–H and O–H groups in total. The minimum absolute atomic E-state index is 0.0743. The van der Waals surface area contributed by atoms with Crippen LogP contribution in [0, 0.1) is 13.8 Å². The number of ether oxygens (including phenoxy) is 1. The summed E-state index contributed by atoms with van der Waals surface area (Å²) in [4.78, 5) is 12.0. The van der Waals surface area contributed by atoms with E-state index >= 15 is 0 Å². The summed E-state index contributed by atoms with van der Waals surface area (Å²) in [6.07, 6.45) is 0.247. The number of nitrogens with zero attached hydrogens (tertiary/aromatic N) is 2. The van der Waals surface area contributed by atoms with Crippen LogP contribution in [-0.2, 0) is 4.79 Å². The van der Waals surface area contributed by atoms with Crippen molar-refractivity contribution in [3.63, 3.8) is 0 Å². The molecule has 0 spiro atoms. The molecule has 6 heteroatoms. The number of halogens is 2. The maximum atomic E-state index is 12.0. The molecule has 0 aliphatic heterocycles. The van der Waals surface area contributed by atoms with Crippen molar-refractivity contribution in [2.75, 3.05) is 0 Å². The van der Waals surface area contributed by atoms with Gasteiger partial charge in [0.25, 0.3) is 0 Å². The van der Waals surface area contributed by atoms with Gasteiger partial charge < -0.3 is 4.74 Å². The van der Waals surface area contributed by atoms with Crippen molar-refractivity contribution in [2.24, 2.45) is 0 Å². The first-order valence-electron chi connectivity index (χ1n) is 6.56. The molecule has 1 aromatic heterocycles. The zero-order chi connectivity index (χ0) is 15.6. The molecule has 0 amide bonds. The Morgan fingerprint density at radius 1 is 1.38 bits per heavy atom. The summed E-state index contributed by atoms with van der Waals surface area (Å²) in [6, 6.07) is 6.64. The smallest absolute Gasteiger partial charge is 0.313 e. The highest BCUT2D eigenvalue weighted by Gasteiger charge is 2.18. The average Bonchev–Trinajstić information content (AvgIpc) is 2.69. The van der Waals surface area contributed by atoms with Crippen LogP contribution in [0.4, 0.5) is 0 Å². The van der Waals surface area contributed by atoms with Gasteiger partial charge in [0.05, 0.1) is 28.3 Å². The van der Waals surface area contributed by atoms with Crippen LogP contribution in [0.1, 0.15) is 30.8 Å². The fourth-order valence-corrected chi connectivity index (χ4v) is 2.46. The Hall–Kier alpha value is -1.33. The molecule has 0 bridgehead atoms. The van der Waals surface area contributed by atoms with Crippen molar-refractivity contribution < 1.29 is 9.53 Å². The molecule has 1 heterocycles. The van der Waals surface area contributed by atoms with Crippen LogP contribution in [0.3, 0.4) is 0 Å². The van der Waals surface area contributed by atoms with Crippen molar-refractivity contribution in [1.82, 2.24) is 9.78 Å². The summed E-state index contributed by atoms with van der Waals surface area (Å²) in [7, 11) is 0. The first-order valence-corrected chi connectivity index (χ1v) is 7.73. The van der Waals surface area contributed by atoms with Gasteiger partial charge in [-0.25, -0.2) is 0 Å². The van der Waals surface area contributed by atoms with Crippen LogP contribution in [-0.4, -0.2) is 15.7 Å². The van der Waals surface area contributed by atoms with Gasteiger partial charge in [-0.1, -0.05) is 11.6 Å². The minimum atomic E-state index is -0.298. The van der Waals surface area contributed by atoms with E-state index in [1.165, 1.54) is 0 Å². The molecule has 0 fully saturated rings.